The molecule has 2 aromatic rings. The molecule has 1 saturated heterocycles. The highest BCUT2D eigenvalue weighted by atomic mass is 16.2. The van der Waals surface area contributed by atoms with Gasteiger partial charge in [-0.05, 0) is 25.0 Å². The van der Waals surface area contributed by atoms with Crippen LogP contribution in [0.25, 0.3) is 0 Å². The summed E-state index contributed by atoms with van der Waals surface area (Å²) in [5, 5.41) is 8.61. The average Bonchev–Trinajstić information content (AvgIpc) is 3.20. The minimum Gasteiger partial charge on any atom is -0.351 e. The van der Waals surface area contributed by atoms with Gasteiger partial charge in [0.1, 0.15) is 5.69 Å². The Balaban J connectivity index is 1.36. The molecule has 1 N–H and O–H groups in total. The number of anilines is 1. The van der Waals surface area contributed by atoms with Crippen molar-refractivity contribution < 1.29 is 4.79 Å². The van der Waals surface area contributed by atoms with Crippen molar-refractivity contribution in [3.05, 3.63) is 36.0 Å². The molecule has 0 atom stereocenters. The third-order valence-corrected chi connectivity index (χ3v) is 4.45. The number of hydrogen-bond acceptors (Lipinski definition) is 5. The zero-order valence-corrected chi connectivity index (χ0v) is 12.4. The third-order valence-electron chi connectivity index (χ3n) is 4.45. The van der Waals surface area contributed by atoms with Crippen LogP contribution in [0.4, 0.5) is 5.82 Å². The van der Waals surface area contributed by atoms with E-state index in [0.29, 0.717) is 11.6 Å². The second-order valence-electron chi connectivity index (χ2n) is 6.03. The Labute approximate surface area is 128 Å². The minimum absolute atomic E-state index is 0.0303. The topological polar surface area (TPSA) is 78.0 Å². The maximum Gasteiger partial charge on any atom is 0.272 e. The van der Waals surface area contributed by atoms with E-state index in [4.69, 9.17) is 0 Å². The fourth-order valence-electron chi connectivity index (χ4n) is 2.72. The van der Waals surface area contributed by atoms with Gasteiger partial charge in [0, 0.05) is 26.1 Å². The molecular formula is C15H18N6O. The lowest BCUT2D eigenvalue weighted by molar-refractivity contribution is 0.0699. The van der Waals surface area contributed by atoms with E-state index in [9.17, 15) is 4.79 Å². The van der Waals surface area contributed by atoms with Gasteiger partial charge in [0.15, 0.2) is 5.82 Å². The quantitative estimate of drug-likeness (QED) is 0.912. The summed E-state index contributed by atoms with van der Waals surface area (Å²) in [7, 11) is 1.83. The largest absolute Gasteiger partial charge is 0.351 e. The Morgan fingerprint density at radius 3 is 2.73 bits per heavy atom. The van der Waals surface area contributed by atoms with Crippen LogP contribution in [0.5, 0.6) is 0 Å². The molecule has 2 aliphatic rings. The number of nitrogens with zero attached hydrogens (tertiary/aromatic N) is 5. The van der Waals surface area contributed by atoms with Crippen LogP contribution in [-0.2, 0) is 0 Å². The van der Waals surface area contributed by atoms with Gasteiger partial charge in [-0.3, -0.25) is 4.79 Å². The van der Waals surface area contributed by atoms with Crippen molar-refractivity contribution in [3.63, 3.8) is 0 Å². The molecule has 22 heavy (non-hydrogen) atoms. The molecule has 1 saturated carbocycles. The van der Waals surface area contributed by atoms with Gasteiger partial charge in [-0.2, -0.15) is 5.10 Å². The van der Waals surface area contributed by atoms with Crippen molar-refractivity contribution in [3.8, 4) is 0 Å². The SMILES string of the molecule is CN(C(=O)c1cnc[nH]1)C1CN(c2ccc(C3CC3)nn2)C1. The molecule has 7 nitrogen and oxygen atoms in total. The number of carbonyl (C=O) groups is 1. The maximum absolute atomic E-state index is 12.2. The zero-order valence-electron chi connectivity index (χ0n) is 12.4. The van der Waals surface area contributed by atoms with E-state index in [1.54, 1.807) is 11.1 Å². The van der Waals surface area contributed by atoms with Gasteiger partial charge in [-0.25, -0.2) is 4.98 Å². The Bertz CT molecular complexity index is 658. The monoisotopic (exact) mass is 298 g/mol. The average molecular weight is 298 g/mol. The molecule has 1 amide bonds. The van der Waals surface area contributed by atoms with Crippen LogP contribution < -0.4 is 4.90 Å². The number of rotatable bonds is 4. The number of H-pyrrole nitrogens is 1. The molecule has 0 radical (unpaired) electrons. The molecule has 7 heteroatoms. The lowest BCUT2D eigenvalue weighted by atomic mass is 10.1. The zero-order chi connectivity index (χ0) is 15.1. The van der Waals surface area contributed by atoms with E-state index in [1.165, 1.54) is 19.2 Å². The summed E-state index contributed by atoms with van der Waals surface area (Å²) in [6.45, 7) is 1.57. The lowest BCUT2D eigenvalue weighted by Crippen LogP contribution is -2.60. The van der Waals surface area contributed by atoms with Crippen LogP contribution in [0.15, 0.2) is 24.7 Å². The molecule has 0 unspecified atom stereocenters. The molecule has 3 heterocycles. The Morgan fingerprint density at radius 2 is 2.14 bits per heavy atom. The molecule has 1 aliphatic carbocycles. The molecule has 2 aromatic heterocycles. The van der Waals surface area contributed by atoms with Gasteiger partial charge in [-0.15, -0.1) is 5.10 Å². The van der Waals surface area contributed by atoms with E-state index >= 15 is 0 Å². The van der Waals surface area contributed by atoms with Crippen LogP contribution in [0.1, 0.15) is 34.9 Å². The predicted molar refractivity (Wildman–Crippen MR) is 80.7 cm³/mol. The summed E-state index contributed by atoms with van der Waals surface area (Å²) < 4.78 is 0. The molecule has 114 valence electrons. The van der Waals surface area contributed by atoms with Crippen molar-refractivity contribution in [2.24, 2.45) is 0 Å². The first-order chi connectivity index (χ1) is 10.7. The first-order valence-electron chi connectivity index (χ1n) is 7.56. The predicted octanol–water partition coefficient (Wildman–Crippen LogP) is 1.04. The smallest absolute Gasteiger partial charge is 0.272 e. The van der Waals surface area contributed by atoms with Crippen molar-refractivity contribution >= 4 is 11.7 Å². The van der Waals surface area contributed by atoms with Crippen LogP contribution in [0.3, 0.4) is 0 Å². The van der Waals surface area contributed by atoms with Crippen molar-refractivity contribution in [2.75, 3.05) is 25.0 Å². The van der Waals surface area contributed by atoms with Gasteiger partial charge >= 0.3 is 0 Å². The number of nitrogens with one attached hydrogen (secondary N) is 1. The van der Waals surface area contributed by atoms with Gasteiger partial charge in [0.05, 0.1) is 24.3 Å². The number of hydrogen-bond donors (Lipinski definition) is 1. The Kier molecular flexibility index (Phi) is 3.06. The molecule has 1 aliphatic heterocycles. The van der Waals surface area contributed by atoms with Crippen molar-refractivity contribution in [2.45, 2.75) is 24.8 Å². The number of aromatic nitrogens is 4. The second-order valence-corrected chi connectivity index (χ2v) is 6.03. The molecule has 0 spiro atoms. The molecule has 0 aromatic carbocycles. The third kappa shape index (κ3) is 2.32. The van der Waals surface area contributed by atoms with Crippen molar-refractivity contribution in [1.82, 2.24) is 25.1 Å². The van der Waals surface area contributed by atoms with Crippen LogP contribution in [-0.4, -0.2) is 57.2 Å². The van der Waals surface area contributed by atoms with E-state index in [-0.39, 0.29) is 11.9 Å². The lowest BCUT2D eigenvalue weighted by Gasteiger charge is -2.44. The minimum atomic E-state index is -0.0303. The Hall–Kier alpha value is -2.44. The van der Waals surface area contributed by atoms with Crippen LogP contribution >= 0.6 is 0 Å². The summed E-state index contributed by atoms with van der Waals surface area (Å²) in [6, 6.07) is 4.31. The maximum atomic E-state index is 12.2. The summed E-state index contributed by atoms with van der Waals surface area (Å²) in [4.78, 5) is 22.9. The van der Waals surface area contributed by atoms with Gasteiger partial charge in [0.2, 0.25) is 0 Å². The second kappa shape index (κ2) is 5.08. The van der Waals surface area contributed by atoms with E-state index in [1.807, 2.05) is 13.1 Å². The molecule has 2 fully saturated rings. The fraction of sp³-hybridized carbons (Fsp3) is 0.467. The molecule has 4 rings (SSSR count). The summed E-state index contributed by atoms with van der Waals surface area (Å²) in [5.41, 5.74) is 1.63. The Morgan fingerprint density at radius 1 is 1.32 bits per heavy atom. The summed E-state index contributed by atoms with van der Waals surface area (Å²) >= 11 is 0. The summed E-state index contributed by atoms with van der Waals surface area (Å²) in [5.74, 6) is 1.49. The standard InChI is InChI=1S/C15H18N6O/c1-20(15(22)13-6-16-9-17-13)11-7-21(8-11)14-5-4-12(18-19-14)10-2-3-10/h4-6,9-11H,2-3,7-8H2,1H3,(H,16,17). The first kappa shape index (κ1) is 13.2. The van der Waals surface area contributed by atoms with Gasteiger partial charge < -0.3 is 14.8 Å². The number of aromatic amines is 1. The number of carbonyl (C=O) groups excluding carboxylic acids is 1. The number of likely N-dealkylation sites (N-methyl/N-ethyl adjacent to an activating group) is 1. The number of imidazole rings is 1. The first-order valence-corrected chi connectivity index (χ1v) is 7.56. The number of amides is 1. The fourth-order valence-corrected chi connectivity index (χ4v) is 2.72. The van der Waals surface area contributed by atoms with Gasteiger partial charge in [0.25, 0.3) is 5.91 Å². The van der Waals surface area contributed by atoms with Gasteiger partial charge in [-0.1, -0.05) is 0 Å². The molecular weight excluding hydrogens is 280 g/mol. The van der Waals surface area contributed by atoms with E-state index in [2.05, 4.69) is 31.1 Å². The summed E-state index contributed by atoms with van der Waals surface area (Å²) in [6.07, 6.45) is 5.54. The normalized spacial score (nSPS) is 18.1. The van der Waals surface area contributed by atoms with E-state index in [0.717, 1.165) is 24.6 Å². The highest BCUT2D eigenvalue weighted by Crippen LogP contribution is 2.38. The molecule has 0 bridgehead atoms. The van der Waals surface area contributed by atoms with Crippen molar-refractivity contribution in [1.29, 1.82) is 0 Å². The van der Waals surface area contributed by atoms with Crippen LogP contribution in [0, 0.1) is 0 Å². The van der Waals surface area contributed by atoms with Crippen LogP contribution in [0.2, 0.25) is 0 Å². The highest BCUT2D eigenvalue weighted by Gasteiger charge is 2.34. The van der Waals surface area contributed by atoms with E-state index < -0.39 is 0 Å². The highest BCUT2D eigenvalue weighted by molar-refractivity contribution is 5.92.